The van der Waals surface area contributed by atoms with Crippen LogP contribution in [0.3, 0.4) is 0 Å². The molecular weight excluding hydrogens is 232 g/mol. The number of carbonyl (C=O) groups is 1. The molecule has 0 bridgehead atoms. The van der Waals surface area contributed by atoms with Crippen LogP contribution < -0.4 is 4.74 Å². The minimum atomic E-state index is -0.753. The summed E-state index contributed by atoms with van der Waals surface area (Å²) >= 11 is 5.77. The maximum atomic E-state index is 11.1. The van der Waals surface area contributed by atoms with Gasteiger partial charge in [0.05, 0.1) is 7.11 Å². The van der Waals surface area contributed by atoms with Crippen molar-refractivity contribution in [3.8, 4) is 5.75 Å². The van der Waals surface area contributed by atoms with Crippen molar-refractivity contribution in [3.63, 3.8) is 0 Å². The van der Waals surface area contributed by atoms with E-state index in [1.165, 1.54) is 7.11 Å². The number of methoxy groups -OCH3 is 1. The molecule has 0 saturated carbocycles. The summed E-state index contributed by atoms with van der Waals surface area (Å²) in [5.41, 5.74) is 0.746. The molecule has 1 N–H and O–H groups in total. The predicted octanol–water partition coefficient (Wildman–Crippen LogP) is 2.60. The van der Waals surface area contributed by atoms with Gasteiger partial charge in [-0.2, -0.15) is 0 Å². The maximum Gasteiger partial charge on any atom is 0.377 e. The van der Waals surface area contributed by atoms with Crippen molar-refractivity contribution in [1.29, 1.82) is 0 Å². The number of hydrogen-bond donors (Lipinski definition) is 1. The van der Waals surface area contributed by atoms with E-state index in [0.717, 1.165) is 5.56 Å². The Morgan fingerprint density at radius 1 is 1.50 bits per heavy atom. The van der Waals surface area contributed by atoms with E-state index in [1.807, 2.05) is 0 Å². The summed E-state index contributed by atoms with van der Waals surface area (Å²) in [4.78, 5) is 11.1. The maximum absolute atomic E-state index is 11.1. The highest BCUT2D eigenvalue weighted by atomic mass is 35.5. The van der Waals surface area contributed by atoms with Gasteiger partial charge in [0.1, 0.15) is 12.0 Å². The molecule has 0 aromatic heterocycles. The van der Waals surface area contributed by atoms with Crippen LogP contribution in [-0.4, -0.2) is 18.2 Å². The van der Waals surface area contributed by atoms with Gasteiger partial charge in [-0.25, -0.2) is 4.79 Å². The highest BCUT2D eigenvalue weighted by Crippen LogP contribution is 2.23. The van der Waals surface area contributed by atoms with Crippen molar-refractivity contribution in [1.82, 2.24) is 0 Å². The molecule has 0 aliphatic carbocycles. The smallest absolute Gasteiger partial charge is 0.377 e. The number of benzene rings is 1. The summed E-state index contributed by atoms with van der Waals surface area (Å²) in [6.45, 7) is 1.77. The van der Waals surface area contributed by atoms with Gasteiger partial charge < -0.3 is 14.6 Å². The van der Waals surface area contributed by atoms with E-state index in [4.69, 9.17) is 21.4 Å². The SMILES string of the molecule is COC(=O)C(=CO)Oc1ccc(Cl)cc1C. The number of rotatable bonds is 3. The zero-order chi connectivity index (χ0) is 12.1. The van der Waals surface area contributed by atoms with Crippen LogP contribution in [0.5, 0.6) is 5.75 Å². The number of esters is 1. The van der Waals surface area contributed by atoms with Crippen LogP contribution in [-0.2, 0) is 9.53 Å². The monoisotopic (exact) mass is 242 g/mol. The molecule has 86 valence electrons. The Hall–Kier alpha value is -1.68. The van der Waals surface area contributed by atoms with Gasteiger partial charge in [-0.15, -0.1) is 0 Å². The summed E-state index contributed by atoms with van der Waals surface area (Å²) in [5, 5.41) is 9.39. The molecule has 0 saturated heterocycles. The molecule has 1 aromatic rings. The van der Waals surface area contributed by atoms with Crippen molar-refractivity contribution < 1.29 is 19.4 Å². The topological polar surface area (TPSA) is 55.8 Å². The third-order valence-electron chi connectivity index (χ3n) is 1.86. The zero-order valence-electron chi connectivity index (χ0n) is 8.86. The molecule has 0 aliphatic rings. The third kappa shape index (κ3) is 2.90. The molecule has 0 radical (unpaired) electrons. The second-order valence-electron chi connectivity index (χ2n) is 3.00. The first kappa shape index (κ1) is 12.4. The van der Waals surface area contributed by atoms with Crippen LogP contribution in [0.15, 0.2) is 30.2 Å². The summed E-state index contributed by atoms with van der Waals surface area (Å²) in [6, 6.07) is 4.91. The van der Waals surface area contributed by atoms with Crippen molar-refractivity contribution in [3.05, 3.63) is 40.8 Å². The van der Waals surface area contributed by atoms with Gasteiger partial charge in [-0.1, -0.05) is 11.6 Å². The molecule has 0 fully saturated rings. The van der Waals surface area contributed by atoms with Crippen LogP contribution in [0.25, 0.3) is 0 Å². The normalized spacial score (nSPS) is 11.1. The number of aliphatic hydroxyl groups excluding tert-OH is 1. The van der Waals surface area contributed by atoms with Gasteiger partial charge in [0.15, 0.2) is 0 Å². The Labute approximate surface area is 98.1 Å². The van der Waals surface area contributed by atoms with Crippen LogP contribution in [0, 0.1) is 6.92 Å². The Kier molecular flexibility index (Phi) is 4.19. The molecule has 1 aromatic carbocycles. The van der Waals surface area contributed by atoms with Gasteiger partial charge in [0, 0.05) is 5.02 Å². The summed E-state index contributed by atoms with van der Waals surface area (Å²) in [7, 11) is 1.20. The van der Waals surface area contributed by atoms with E-state index >= 15 is 0 Å². The van der Waals surface area contributed by atoms with Gasteiger partial charge in [-0.3, -0.25) is 0 Å². The number of aryl methyl sites for hydroxylation is 1. The van der Waals surface area contributed by atoms with Gasteiger partial charge >= 0.3 is 5.97 Å². The minimum absolute atomic E-state index is 0.284. The van der Waals surface area contributed by atoms with Crippen LogP contribution >= 0.6 is 11.6 Å². The van der Waals surface area contributed by atoms with E-state index < -0.39 is 5.97 Å². The third-order valence-corrected chi connectivity index (χ3v) is 2.10. The Morgan fingerprint density at radius 3 is 2.69 bits per heavy atom. The van der Waals surface area contributed by atoms with E-state index in [-0.39, 0.29) is 5.76 Å². The van der Waals surface area contributed by atoms with Gasteiger partial charge in [-0.05, 0) is 30.7 Å². The fraction of sp³-hybridized carbons (Fsp3) is 0.182. The molecule has 0 amide bonds. The standard InChI is InChI=1S/C11H11ClO4/c1-7-5-8(12)3-4-9(7)16-10(6-13)11(14)15-2/h3-6,13H,1-2H3. The Balaban J connectivity index is 2.91. The lowest BCUT2D eigenvalue weighted by atomic mass is 10.2. The number of hydrogen-bond acceptors (Lipinski definition) is 4. The molecule has 16 heavy (non-hydrogen) atoms. The van der Waals surface area contributed by atoms with E-state index in [0.29, 0.717) is 17.0 Å². The van der Waals surface area contributed by atoms with Crippen molar-refractivity contribution in [2.45, 2.75) is 6.92 Å². The second-order valence-corrected chi connectivity index (χ2v) is 3.43. The van der Waals surface area contributed by atoms with E-state index in [2.05, 4.69) is 4.74 Å². The molecule has 1 rings (SSSR count). The molecule has 5 heteroatoms. The lowest BCUT2D eigenvalue weighted by Crippen LogP contribution is -2.11. The van der Waals surface area contributed by atoms with Crippen LogP contribution in [0.1, 0.15) is 5.56 Å². The Bertz CT molecular complexity index is 426. The lowest BCUT2D eigenvalue weighted by molar-refractivity contribution is -0.138. The van der Waals surface area contributed by atoms with Gasteiger partial charge in [0.25, 0.3) is 0 Å². The summed E-state index contributed by atoms with van der Waals surface area (Å²) < 4.78 is 9.60. The number of ether oxygens (including phenoxy) is 2. The van der Waals surface area contributed by atoms with Gasteiger partial charge in [0.2, 0.25) is 5.76 Å². The molecule has 0 heterocycles. The van der Waals surface area contributed by atoms with Crippen molar-refractivity contribution in [2.75, 3.05) is 7.11 Å². The predicted molar refractivity (Wildman–Crippen MR) is 59.5 cm³/mol. The molecule has 4 nitrogen and oxygen atoms in total. The zero-order valence-corrected chi connectivity index (χ0v) is 9.62. The fourth-order valence-corrected chi connectivity index (χ4v) is 1.29. The number of aliphatic hydroxyl groups is 1. The average molecular weight is 243 g/mol. The highest BCUT2D eigenvalue weighted by Gasteiger charge is 2.13. The minimum Gasteiger partial charge on any atom is -0.511 e. The molecule has 0 atom stereocenters. The van der Waals surface area contributed by atoms with E-state index in [9.17, 15) is 4.79 Å². The lowest BCUT2D eigenvalue weighted by Gasteiger charge is -2.09. The fourth-order valence-electron chi connectivity index (χ4n) is 1.07. The first-order valence-electron chi connectivity index (χ1n) is 4.45. The quantitative estimate of drug-likeness (QED) is 0.503. The van der Waals surface area contributed by atoms with Crippen LogP contribution in [0.4, 0.5) is 0 Å². The first-order valence-corrected chi connectivity index (χ1v) is 4.83. The Morgan fingerprint density at radius 2 is 2.19 bits per heavy atom. The molecular formula is C11H11ClO4. The molecule has 0 unspecified atom stereocenters. The second kappa shape index (κ2) is 5.42. The summed E-state index contributed by atoms with van der Waals surface area (Å²) in [6.07, 6.45) is 0.555. The largest absolute Gasteiger partial charge is 0.511 e. The van der Waals surface area contributed by atoms with Crippen molar-refractivity contribution in [2.24, 2.45) is 0 Å². The number of carbonyl (C=O) groups excluding carboxylic acids is 1. The number of halogens is 1. The molecule has 0 aliphatic heterocycles. The van der Waals surface area contributed by atoms with Crippen molar-refractivity contribution >= 4 is 17.6 Å². The van der Waals surface area contributed by atoms with Crippen LogP contribution in [0.2, 0.25) is 5.02 Å². The summed E-state index contributed by atoms with van der Waals surface area (Å²) in [5.74, 6) is -0.611. The average Bonchev–Trinajstić information content (AvgIpc) is 2.27. The first-order chi connectivity index (χ1) is 7.58. The van der Waals surface area contributed by atoms with E-state index in [1.54, 1.807) is 25.1 Å². The highest BCUT2D eigenvalue weighted by molar-refractivity contribution is 6.30. The molecule has 0 spiro atoms.